The minimum absolute atomic E-state index is 0.00823. The van der Waals surface area contributed by atoms with E-state index in [1.54, 1.807) is 18.5 Å². The normalized spacial score (nSPS) is 10.1. The van der Waals surface area contributed by atoms with E-state index in [4.69, 9.17) is 4.74 Å². The van der Waals surface area contributed by atoms with Crippen molar-refractivity contribution in [3.05, 3.63) is 24.5 Å². The lowest BCUT2D eigenvalue weighted by molar-refractivity contribution is -0.122. The maximum absolute atomic E-state index is 11.2. The first-order valence-electron chi connectivity index (χ1n) is 5.00. The number of carbonyl (C=O) groups is 1. The second kappa shape index (κ2) is 6.01. The molecule has 0 radical (unpaired) electrons. The number of rotatable bonds is 5. The van der Waals surface area contributed by atoms with Crippen LogP contribution in [0.5, 0.6) is 5.75 Å². The molecule has 0 aliphatic carbocycles. The fraction of sp³-hybridized carbons (Fsp3) is 0.455. The highest BCUT2D eigenvalue weighted by molar-refractivity contribution is 5.76. The van der Waals surface area contributed by atoms with Crippen LogP contribution in [0.25, 0.3) is 0 Å². The van der Waals surface area contributed by atoms with Gasteiger partial charge in [0.2, 0.25) is 5.91 Å². The Hall–Kier alpha value is -1.58. The number of amides is 1. The van der Waals surface area contributed by atoms with Gasteiger partial charge in [-0.2, -0.15) is 0 Å². The van der Waals surface area contributed by atoms with E-state index in [1.807, 2.05) is 19.9 Å². The number of carbonyl (C=O) groups excluding carboxylic acids is 1. The van der Waals surface area contributed by atoms with Crippen molar-refractivity contribution < 1.29 is 9.53 Å². The van der Waals surface area contributed by atoms with Crippen LogP contribution in [-0.2, 0) is 4.79 Å². The van der Waals surface area contributed by atoms with E-state index in [9.17, 15) is 4.79 Å². The molecule has 1 heterocycles. The number of ether oxygens (including phenoxy) is 1. The van der Waals surface area contributed by atoms with E-state index in [0.29, 0.717) is 18.8 Å². The first kappa shape index (κ1) is 11.5. The van der Waals surface area contributed by atoms with Crippen molar-refractivity contribution in [1.82, 2.24) is 10.3 Å². The van der Waals surface area contributed by atoms with Crippen LogP contribution in [0, 0.1) is 0 Å². The van der Waals surface area contributed by atoms with Gasteiger partial charge in [-0.1, -0.05) is 0 Å². The minimum Gasteiger partial charge on any atom is -0.491 e. The quantitative estimate of drug-likeness (QED) is 0.795. The summed E-state index contributed by atoms with van der Waals surface area (Å²) in [6, 6.07) is 3.78. The highest BCUT2D eigenvalue weighted by atomic mass is 16.5. The van der Waals surface area contributed by atoms with Gasteiger partial charge in [-0.25, -0.2) is 0 Å². The fourth-order valence-corrected chi connectivity index (χ4v) is 1.09. The summed E-state index contributed by atoms with van der Waals surface area (Å²) in [6.45, 7) is 4.24. The summed E-state index contributed by atoms with van der Waals surface area (Å²) in [5.41, 5.74) is 0. The molecule has 15 heavy (non-hydrogen) atoms. The van der Waals surface area contributed by atoms with Crippen molar-refractivity contribution in [2.75, 3.05) is 6.61 Å². The van der Waals surface area contributed by atoms with Crippen molar-refractivity contribution in [1.29, 1.82) is 0 Å². The van der Waals surface area contributed by atoms with Gasteiger partial charge in [-0.3, -0.25) is 9.78 Å². The Bertz CT molecular complexity index is 299. The van der Waals surface area contributed by atoms with Crippen LogP contribution in [0.15, 0.2) is 24.5 Å². The SMILES string of the molecule is CC(C)NC(=O)CCOc1cccnc1. The number of aromatic nitrogens is 1. The van der Waals surface area contributed by atoms with Gasteiger partial charge in [0.1, 0.15) is 5.75 Å². The summed E-state index contributed by atoms with van der Waals surface area (Å²) in [7, 11) is 0. The van der Waals surface area contributed by atoms with E-state index in [-0.39, 0.29) is 11.9 Å². The van der Waals surface area contributed by atoms with Crippen LogP contribution in [0.1, 0.15) is 20.3 Å². The molecule has 0 saturated carbocycles. The van der Waals surface area contributed by atoms with Gasteiger partial charge in [0.25, 0.3) is 0 Å². The van der Waals surface area contributed by atoms with Crippen LogP contribution in [0.2, 0.25) is 0 Å². The first-order chi connectivity index (χ1) is 7.18. The molecule has 1 aromatic heterocycles. The third kappa shape index (κ3) is 5.00. The average Bonchev–Trinajstić information content (AvgIpc) is 2.18. The lowest BCUT2D eigenvalue weighted by atomic mass is 10.3. The zero-order valence-corrected chi connectivity index (χ0v) is 9.06. The van der Waals surface area contributed by atoms with Crippen molar-refractivity contribution in [3.8, 4) is 5.75 Å². The Morgan fingerprint density at radius 3 is 3.00 bits per heavy atom. The topological polar surface area (TPSA) is 51.2 Å². The van der Waals surface area contributed by atoms with Crippen LogP contribution in [0.3, 0.4) is 0 Å². The monoisotopic (exact) mass is 208 g/mol. The lowest BCUT2D eigenvalue weighted by Gasteiger charge is -2.08. The van der Waals surface area contributed by atoms with E-state index in [0.717, 1.165) is 0 Å². The summed E-state index contributed by atoms with van der Waals surface area (Å²) >= 11 is 0. The largest absolute Gasteiger partial charge is 0.491 e. The number of hydrogen-bond donors (Lipinski definition) is 1. The average molecular weight is 208 g/mol. The lowest BCUT2D eigenvalue weighted by Crippen LogP contribution is -2.31. The summed E-state index contributed by atoms with van der Waals surface area (Å²) in [6.07, 6.45) is 3.67. The van der Waals surface area contributed by atoms with E-state index >= 15 is 0 Å². The molecular weight excluding hydrogens is 192 g/mol. The first-order valence-corrected chi connectivity index (χ1v) is 5.00. The molecule has 4 heteroatoms. The second-order valence-electron chi connectivity index (χ2n) is 3.51. The third-order valence-electron chi connectivity index (χ3n) is 1.68. The highest BCUT2D eigenvalue weighted by Gasteiger charge is 2.02. The second-order valence-corrected chi connectivity index (χ2v) is 3.51. The highest BCUT2D eigenvalue weighted by Crippen LogP contribution is 2.05. The Kier molecular flexibility index (Phi) is 4.60. The molecule has 0 bridgehead atoms. The number of pyridine rings is 1. The van der Waals surface area contributed by atoms with Gasteiger partial charge in [0.05, 0.1) is 19.2 Å². The molecule has 1 N–H and O–H groups in total. The molecule has 0 unspecified atom stereocenters. The smallest absolute Gasteiger partial charge is 0.223 e. The molecule has 0 aliphatic rings. The Morgan fingerprint density at radius 1 is 1.60 bits per heavy atom. The number of nitrogens with zero attached hydrogens (tertiary/aromatic N) is 1. The maximum atomic E-state index is 11.2. The van der Waals surface area contributed by atoms with Crippen LogP contribution in [-0.4, -0.2) is 23.5 Å². The molecule has 0 spiro atoms. The zero-order chi connectivity index (χ0) is 11.1. The van der Waals surface area contributed by atoms with Crippen LogP contribution in [0.4, 0.5) is 0 Å². The molecule has 0 saturated heterocycles. The molecule has 1 aromatic rings. The summed E-state index contributed by atoms with van der Waals surface area (Å²) in [4.78, 5) is 15.1. The molecular formula is C11H16N2O2. The third-order valence-corrected chi connectivity index (χ3v) is 1.68. The Balaban J connectivity index is 2.19. The molecule has 4 nitrogen and oxygen atoms in total. The summed E-state index contributed by atoms with van der Waals surface area (Å²) < 4.78 is 5.33. The predicted molar refractivity (Wildman–Crippen MR) is 57.6 cm³/mol. The molecule has 1 rings (SSSR count). The molecule has 0 aromatic carbocycles. The Labute approximate surface area is 89.7 Å². The van der Waals surface area contributed by atoms with Crippen molar-refractivity contribution >= 4 is 5.91 Å². The van der Waals surface area contributed by atoms with Gasteiger partial charge in [-0.05, 0) is 26.0 Å². The van der Waals surface area contributed by atoms with E-state index < -0.39 is 0 Å². The molecule has 0 aliphatic heterocycles. The predicted octanol–water partition coefficient (Wildman–Crippen LogP) is 1.38. The molecule has 0 fully saturated rings. The number of nitrogens with one attached hydrogen (secondary N) is 1. The summed E-state index contributed by atoms with van der Waals surface area (Å²) in [5, 5.41) is 2.79. The standard InChI is InChI=1S/C11H16N2O2/c1-9(2)13-11(14)5-7-15-10-4-3-6-12-8-10/h3-4,6,8-9H,5,7H2,1-2H3,(H,13,14). The van der Waals surface area contributed by atoms with Gasteiger partial charge in [0.15, 0.2) is 0 Å². The van der Waals surface area contributed by atoms with Crippen molar-refractivity contribution in [3.63, 3.8) is 0 Å². The minimum atomic E-state index is 0.00823. The van der Waals surface area contributed by atoms with Gasteiger partial charge < -0.3 is 10.1 Å². The van der Waals surface area contributed by atoms with E-state index in [1.165, 1.54) is 0 Å². The van der Waals surface area contributed by atoms with E-state index in [2.05, 4.69) is 10.3 Å². The van der Waals surface area contributed by atoms with Crippen molar-refractivity contribution in [2.45, 2.75) is 26.3 Å². The fourth-order valence-electron chi connectivity index (χ4n) is 1.09. The van der Waals surface area contributed by atoms with Crippen LogP contribution < -0.4 is 10.1 Å². The Morgan fingerprint density at radius 2 is 2.40 bits per heavy atom. The molecule has 0 atom stereocenters. The molecule has 1 amide bonds. The van der Waals surface area contributed by atoms with Crippen molar-refractivity contribution in [2.24, 2.45) is 0 Å². The van der Waals surface area contributed by atoms with Crippen LogP contribution >= 0.6 is 0 Å². The maximum Gasteiger partial charge on any atom is 0.223 e. The van der Waals surface area contributed by atoms with Gasteiger partial charge >= 0.3 is 0 Å². The summed E-state index contributed by atoms with van der Waals surface area (Å²) in [5.74, 6) is 0.698. The zero-order valence-electron chi connectivity index (χ0n) is 9.06. The van der Waals surface area contributed by atoms with Gasteiger partial charge in [0, 0.05) is 12.2 Å². The number of hydrogen-bond acceptors (Lipinski definition) is 3. The molecule has 82 valence electrons. The van der Waals surface area contributed by atoms with Gasteiger partial charge in [-0.15, -0.1) is 0 Å².